The van der Waals surface area contributed by atoms with E-state index in [0.29, 0.717) is 59.8 Å². The first-order chi connectivity index (χ1) is 18.6. The number of para-hydroxylation sites is 1. The number of nitrogens with zero attached hydrogens (tertiary/aromatic N) is 3. The lowest BCUT2D eigenvalue weighted by Crippen LogP contribution is -2.49. The summed E-state index contributed by atoms with van der Waals surface area (Å²) in [6.07, 6.45) is 1.53. The molecule has 8 nitrogen and oxygen atoms in total. The van der Waals surface area contributed by atoms with Crippen molar-refractivity contribution in [2.75, 3.05) is 45.0 Å². The molecule has 2 aliphatic rings. The Kier molecular flexibility index (Phi) is 7.57. The molecule has 38 heavy (non-hydrogen) atoms. The first-order valence-corrected chi connectivity index (χ1v) is 12.5. The molecule has 194 valence electrons. The first kappa shape index (κ1) is 25.3. The Morgan fingerprint density at radius 3 is 2.55 bits per heavy atom. The molecule has 1 amide bonds. The number of hydrogen-bond donors (Lipinski definition) is 0. The van der Waals surface area contributed by atoms with Crippen molar-refractivity contribution < 1.29 is 23.7 Å². The number of ether oxygens (including phenoxy) is 4. The number of piperazine rings is 1. The summed E-state index contributed by atoms with van der Waals surface area (Å²) in [6.45, 7) is 2.89. The van der Waals surface area contributed by atoms with Gasteiger partial charge in [0, 0.05) is 31.9 Å². The number of nitriles is 1. The van der Waals surface area contributed by atoms with Crippen LogP contribution in [-0.2, 0) is 11.4 Å². The number of benzene rings is 3. The number of fused-ring (bicyclic) bond motifs is 1. The molecule has 1 fully saturated rings. The summed E-state index contributed by atoms with van der Waals surface area (Å²) in [7, 11) is 1.51. The highest BCUT2D eigenvalue weighted by Crippen LogP contribution is 2.38. The third kappa shape index (κ3) is 5.48. The molecular weight excluding hydrogens is 506 g/mol. The molecule has 3 aromatic rings. The third-order valence-electron chi connectivity index (χ3n) is 6.42. The van der Waals surface area contributed by atoms with Crippen LogP contribution in [0, 0.1) is 11.3 Å². The Balaban J connectivity index is 1.27. The van der Waals surface area contributed by atoms with E-state index >= 15 is 0 Å². The van der Waals surface area contributed by atoms with Crippen molar-refractivity contribution in [1.82, 2.24) is 4.90 Å². The molecule has 0 saturated carbocycles. The first-order valence-electron chi connectivity index (χ1n) is 12.2. The van der Waals surface area contributed by atoms with Crippen LogP contribution in [0.15, 0.2) is 66.2 Å². The Hall–Kier alpha value is -4.35. The highest BCUT2D eigenvalue weighted by molar-refractivity contribution is 6.32. The minimum Gasteiger partial charge on any atom is -0.493 e. The Morgan fingerprint density at radius 2 is 1.82 bits per heavy atom. The van der Waals surface area contributed by atoms with Crippen LogP contribution in [0.4, 0.5) is 5.69 Å². The summed E-state index contributed by atoms with van der Waals surface area (Å²) < 4.78 is 22.2. The maximum absolute atomic E-state index is 13.1. The standard InChI is InChI=1S/C29H26ClN3O5/c1-35-27-16-21(14-24(30)28(27)36-18-20-7-8-25-26(15-20)38-19-37-25)13-22(17-31)29(34)33-11-9-32(10-12-33)23-5-3-2-4-6-23/h2-8,13-16H,9-12,18-19H2,1H3/b22-13-. The van der Waals surface area contributed by atoms with Gasteiger partial charge in [-0.3, -0.25) is 4.79 Å². The maximum Gasteiger partial charge on any atom is 0.264 e. The number of anilines is 1. The van der Waals surface area contributed by atoms with Gasteiger partial charge in [0.15, 0.2) is 23.0 Å². The van der Waals surface area contributed by atoms with Gasteiger partial charge in [-0.2, -0.15) is 5.26 Å². The second kappa shape index (κ2) is 11.4. The van der Waals surface area contributed by atoms with E-state index in [-0.39, 0.29) is 24.9 Å². The minimum absolute atomic E-state index is 0.0327. The largest absolute Gasteiger partial charge is 0.493 e. The summed E-state index contributed by atoms with van der Waals surface area (Å²) in [5, 5.41) is 10.1. The number of methoxy groups -OCH3 is 1. The lowest BCUT2D eigenvalue weighted by atomic mass is 10.1. The second-order valence-corrected chi connectivity index (χ2v) is 9.20. The van der Waals surface area contributed by atoms with Crippen molar-refractivity contribution in [3.63, 3.8) is 0 Å². The van der Waals surface area contributed by atoms with Crippen LogP contribution < -0.4 is 23.8 Å². The summed E-state index contributed by atoms with van der Waals surface area (Å²) in [4.78, 5) is 17.1. The molecule has 0 aliphatic carbocycles. The fourth-order valence-corrected chi connectivity index (χ4v) is 4.71. The van der Waals surface area contributed by atoms with Gasteiger partial charge in [-0.15, -0.1) is 0 Å². The summed E-state index contributed by atoms with van der Waals surface area (Å²) in [5.74, 6) is 1.82. The zero-order valence-corrected chi connectivity index (χ0v) is 21.6. The quantitative estimate of drug-likeness (QED) is 0.316. The molecule has 2 aliphatic heterocycles. The summed E-state index contributed by atoms with van der Waals surface area (Å²) >= 11 is 6.54. The number of rotatable bonds is 7. The normalized spacial score (nSPS) is 14.7. The van der Waals surface area contributed by atoms with E-state index < -0.39 is 0 Å². The molecule has 0 radical (unpaired) electrons. The fourth-order valence-electron chi connectivity index (χ4n) is 4.43. The van der Waals surface area contributed by atoms with Crippen molar-refractivity contribution in [3.05, 3.63) is 82.4 Å². The van der Waals surface area contributed by atoms with Crippen LogP contribution in [0.3, 0.4) is 0 Å². The smallest absolute Gasteiger partial charge is 0.264 e. The number of hydrogen-bond acceptors (Lipinski definition) is 7. The topological polar surface area (TPSA) is 84.3 Å². The van der Waals surface area contributed by atoms with Crippen molar-refractivity contribution >= 4 is 29.3 Å². The third-order valence-corrected chi connectivity index (χ3v) is 6.70. The van der Waals surface area contributed by atoms with E-state index in [1.807, 2.05) is 42.5 Å². The molecule has 5 rings (SSSR count). The summed E-state index contributed by atoms with van der Waals surface area (Å²) in [6, 6.07) is 21.0. The Bertz CT molecular complexity index is 1400. The lowest BCUT2D eigenvalue weighted by molar-refractivity contribution is -0.126. The van der Waals surface area contributed by atoms with Crippen LogP contribution in [0.2, 0.25) is 5.02 Å². The van der Waals surface area contributed by atoms with Crippen molar-refractivity contribution in [2.45, 2.75) is 6.61 Å². The van der Waals surface area contributed by atoms with Gasteiger partial charge in [0.2, 0.25) is 6.79 Å². The van der Waals surface area contributed by atoms with Gasteiger partial charge in [0.1, 0.15) is 18.2 Å². The molecule has 3 aromatic carbocycles. The zero-order chi connectivity index (χ0) is 26.5. The number of carbonyl (C=O) groups excluding carboxylic acids is 1. The van der Waals surface area contributed by atoms with Crippen LogP contribution in [0.1, 0.15) is 11.1 Å². The number of halogens is 1. The monoisotopic (exact) mass is 531 g/mol. The van der Waals surface area contributed by atoms with Crippen LogP contribution in [0.25, 0.3) is 6.08 Å². The zero-order valence-electron chi connectivity index (χ0n) is 20.9. The number of carbonyl (C=O) groups is 1. The van der Waals surface area contributed by atoms with Gasteiger partial charge in [-0.05, 0) is 53.6 Å². The Morgan fingerprint density at radius 1 is 1.05 bits per heavy atom. The maximum atomic E-state index is 13.1. The van der Waals surface area contributed by atoms with Crippen LogP contribution >= 0.6 is 11.6 Å². The van der Waals surface area contributed by atoms with E-state index in [1.165, 1.54) is 13.2 Å². The van der Waals surface area contributed by atoms with E-state index in [9.17, 15) is 10.1 Å². The highest BCUT2D eigenvalue weighted by Gasteiger charge is 2.24. The molecular formula is C29H26ClN3O5. The van der Waals surface area contributed by atoms with E-state index in [0.717, 1.165) is 11.3 Å². The molecule has 0 N–H and O–H groups in total. The average molecular weight is 532 g/mol. The molecule has 0 unspecified atom stereocenters. The van der Waals surface area contributed by atoms with Crippen molar-refractivity contribution in [1.29, 1.82) is 5.26 Å². The predicted octanol–water partition coefficient (Wildman–Crippen LogP) is 4.91. The van der Waals surface area contributed by atoms with Gasteiger partial charge >= 0.3 is 0 Å². The van der Waals surface area contributed by atoms with Gasteiger partial charge in [0.05, 0.1) is 12.1 Å². The van der Waals surface area contributed by atoms with Crippen molar-refractivity contribution in [2.24, 2.45) is 0 Å². The van der Waals surface area contributed by atoms with Gasteiger partial charge in [-0.1, -0.05) is 35.9 Å². The highest BCUT2D eigenvalue weighted by atomic mass is 35.5. The van der Waals surface area contributed by atoms with Gasteiger partial charge < -0.3 is 28.7 Å². The molecule has 0 atom stereocenters. The molecule has 0 bridgehead atoms. The Labute approximate surface area is 226 Å². The summed E-state index contributed by atoms with van der Waals surface area (Å²) in [5.41, 5.74) is 2.60. The van der Waals surface area contributed by atoms with Gasteiger partial charge in [-0.25, -0.2) is 0 Å². The van der Waals surface area contributed by atoms with E-state index in [4.69, 9.17) is 30.5 Å². The average Bonchev–Trinajstić information content (AvgIpc) is 3.43. The van der Waals surface area contributed by atoms with E-state index in [1.54, 1.807) is 17.0 Å². The lowest BCUT2D eigenvalue weighted by Gasteiger charge is -2.36. The predicted molar refractivity (Wildman–Crippen MR) is 144 cm³/mol. The molecule has 2 heterocycles. The van der Waals surface area contributed by atoms with Crippen LogP contribution in [-0.4, -0.2) is 50.9 Å². The molecule has 0 spiro atoms. The SMILES string of the molecule is COc1cc(/C=C(/C#N)C(=O)N2CCN(c3ccccc3)CC2)cc(Cl)c1OCc1ccc2c(c1)OCO2. The second-order valence-electron chi connectivity index (χ2n) is 8.80. The number of amides is 1. The van der Waals surface area contributed by atoms with Crippen molar-refractivity contribution in [3.8, 4) is 29.1 Å². The molecule has 0 aromatic heterocycles. The molecule has 1 saturated heterocycles. The minimum atomic E-state index is -0.307. The van der Waals surface area contributed by atoms with Crippen LogP contribution in [0.5, 0.6) is 23.0 Å². The fraction of sp³-hybridized carbons (Fsp3) is 0.241. The molecule has 9 heteroatoms. The van der Waals surface area contributed by atoms with E-state index in [2.05, 4.69) is 17.0 Å². The van der Waals surface area contributed by atoms with Gasteiger partial charge in [0.25, 0.3) is 5.91 Å².